The first kappa shape index (κ1) is 12.9. The number of pyridine rings is 1. The van der Waals surface area contributed by atoms with Gasteiger partial charge < -0.3 is 10.0 Å². The predicted octanol–water partition coefficient (Wildman–Crippen LogP) is 2.86. The summed E-state index contributed by atoms with van der Waals surface area (Å²) < 4.78 is 0. The van der Waals surface area contributed by atoms with Crippen molar-refractivity contribution in [2.45, 2.75) is 13.2 Å². The minimum Gasteiger partial charge on any atom is -0.392 e. The van der Waals surface area contributed by atoms with Gasteiger partial charge in [0, 0.05) is 29.5 Å². The molecule has 0 aliphatic heterocycles. The van der Waals surface area contributed by atoms with E-state index >= 15 is 0 Å². The SMILES string of the molecule is CN(Cc1ccccn1)c1cc(Cl)ccc1CO. The van der Waals surface area contributed by atoms with E-state index in [0.717, 1.165) is 16.9 Å². The molecule has 1 heterocycles. The van der Waals surface area contributed by atoms with Gasteiger partial charge in [-0.3, -0.25) is 4.98 Å². The lowest BCUT2D eigenvalue weighted by Gasteiger charge is -2.21. The van der Waals surface area contributed by atoms with E-state index < -0.39 is 0 Å². The van der Waals surface area contributed by atoms with Gasteiger partial charge in [-0.05, 0) is 24.3 Å². The van der Waals surface area contributed by atoms with Gasteiger partial charge in [-0.15, -0.1) is 0 Å². The van der Waals surface area contributed by atoms with Crippen molar-refractivity contribution >= 4 is 17.3 Å². The Kier molecular flexibility index (Phi) is 4.18. The number of anilines is 1. The fourth-order valence-electron chi connectivity index (χ4n) is 1.85. The minimum absolute atomic E-state index is 0.000932. The maximum Gasteiger partial charge on any atom is 0.0702 e. The zero-order valence-electron chi connectivity index (χ0n) is 10.2. The molecule has 0 bridgehead atoms. The second-order valence-corrected chi connectivity index (χ2v) is 4.54. The number of aliphatic hydroxyl groups is 1. The van der Waals surface area contributed by atoms with Gasteiger partial charge >= 0.3 is 0 Å². The van der Waals surface area contributed by atoms with E-state index in [-0.39, 0.29) is 6.61 Å². The Morgan fingerprint density at radius 3 is 2.78 bits per heavy atom. The fourth-order valence-corrected chi connectivity index (χ4v) is 2.01. The lowest BCUT2D eigenvalue weighted by atomic mass is 10.1. The maximum absolute atomic E-state index is 9.34. The zero-order valence-corrected chi connectivity index (χ0v) is 10.9. The summed E-state index contributed by atoms with van der Waals surface area (Å²) in [4.78, 5) is 6.31. The normalized spacial score (nSPS) is 10.4. The van der Waals surface area contributed by atoms with Crippen LogP contribution in [0, 0.1) is 0 Å². The molecule has 0 fully saturated rings. The first-order chi connectivity index (χ1) is 8.70. The second kappa shape index (κ2) is 5.85. The van der Waals surface area contributed by atoms with Crippen LogP contribution in [-0.2, 0) is 13.2 Å². The summed E-state index contributed by atoms with van der Waals surface area (Å²) in [5, 5.41) is 10.0. The van der Waals surface area contributed by atoms with Crippen molar-refractivity contribution in [2.75, 3.05) is 11.9 Å². The molecule has 0 atom stereocenters. The molecule has 2 aromatic rings. The van der Waals surface area contributed by atoms with Crippen LogP contribution in [0.15, 0.2) is 42.6 Å². The van der Waals surface area contributed by atoms with Crippen LogP contribution < -0.4 is 4.90 Å². The van der Waals surface area contributed by atoms with E-state index in [0.29, 0.717) is 11.6 Å². The molecule has 3 nitrogen and oxygen atoms in total. The Bertz CT molecular complexity index is 516. The van der Waals surface area contributed by atoms with Gasteiger partial charge in [-0.25, -0.2) is 0 Å². The molecule has 0 radical (unpaired) electrons. The smallest absolute Gasteiger partial charge is 0.0702 e. The molecular formula is C14H15ClN2O. The van der Waals surface area contributed by atoms with Crippen LogP contribution in [0.4, 0.5) is 5.69 Å². The van der Waals surface area contributed by atoms with Crippen molar-refractivity contribution in [1.29, 1.82) is 0 Å². The summed E-state index contributed by atoms with van der Waals surface area (Å²) in [6.45, 7) is 0.674. The highest BCUT2D eigenvalue weighted by Crippen LogP contribution is 2.25. The molecule has 2 rings (SSSR count). The van der Waals surface area contributed by atoms with Crippen LogP contribution in [0.1, 0.15) is 11.3 Å². The van der Waals surface area contributed by atoms with Crippen molar-refractivity contribution in [3.8, 4) is 0 Å². The van der Waals surface area contributed by atoms with Gasteiger partial charge in [0.15, 0.2) is 0 Å². The second-order valence-electron chi connectivity index (χ2n) is 4.11. The van der Waals surface area contributed by atoms with Crippen molar-refractivity contribution in [1.82, 2.24) is 4.98 Å². The molecule has 4 heteroatoms. The lowest BCUT2D eigenvalue weighted by molar-refractivity contribution is 0.282. The van der Waals surface area contributed by atoms with Crippen molar-refractivity contribution < 1.29 is 5.11 Å². The number of benzene rings is 1. The number of hydrogen-bond donors (Lipinski definition) is 1. The van der Waals surface area contributed by atoms with Crippen LogP contribution in [-0.4, -0.2) is 17.1 Å². The minimum atomic E-state index is -0.000932. The fraction of sp³-hybridized carbons (Fsp3) is 0.214. The average Bonchev–Trinajstić information content (AvgIpc) is 2.40. The topological polar surface area (TPSA) is 36.4 Å². The Morgan fingerprint density at radius 1 is 1.28 bits per heavy atom. The van der Waals surface area contributed by atoms with Gasteiger partial charge in [0.2, 0.25) is 0 Å². The van der Waals surface area contributed by atoms with Crippen LogP contribution in [0.2, 0.25) is 5.02 Å². The van der Waals surface area contributed by atoms with Crippen LogP contribution in [0.25, 0.3) is 0 Å². The summed E-state index contributed by atoms with van der Waals surface area (Å²) >= 11 is 6.00. The molecule has 0 saturated heterocycles. The van der Waals surface area contributed by atoms with E-state index in [9.17, 15) is 5.11 Å². The van der Waals surface area contributed by atoms with E-state index in [4.69, 9.17) is 11.6 Å². The third-order valence-electron chi connectivity index (χ3n) is 2.75. The Labute approximate surface area is 112 Å². The average molecular weight is 263 g/mol. The monoisotopic (exact) mass is 262 g/mol. The number of hydrogen-bond acceptors (Lipinski definition) is 3. The summed E-state index contributed by atoms with van der Waals surface area (Å²) in [7, 11) is 1.96. The molecule has 18 heavy (non-hydrogen) atoms. The molecule has 0 aliphatic carbocycles. The van der Waals surface area contributed by atoms with E-state index in [1.165, 1.54) is 0 Å². The summed E-state index contributed by atoms with van der Waals surface area (Å²) in [6, 6.07) is 11.3. The van der Waals surface area contributed by atoms with Gasteiger partial charge in [0.05, 0.1) is 18.8 Å². The summed E-state index contributed by atoms with van der Waals surface area (Å²) in [5.74, 6) is 0. The van der Waals surface area contributed by atoms with Gasteiger partial charge in [-0.2, -0.15) is 0 Å². The molecular weight excluding hydrogens is 248 g/mol. The summed E-state index contributed by atoms with van der Waals surface area (Å²) in [5.41, 5.74) is 2.76. The first-order valence-corrected chi connectivity index (χ1v) is 6.09. The first-order valence-electron chi connectivity index (χ1n) is 5.71. The van der Waals surface area contributed by atoms with Crippen LogP contribution >= 0.6 is 11.6 Å². The highest BCUT2D eigenvalue weighted by molar-refractivity contribution is 6.30. The molecule has 0 unspecified atom stereocenters. The molecule has 1 N–H and O–H groups in total. The molecule has 94 valence electrons. The maximum atomic E-state index is 9.34. The van der Waals surface area contributed by atoms with E-state index in [2.05, 4.69) is 4.98 Å². The molecule has 0 aliphatic rings. The van der Waals surface area contributed by atoms with Crippen LogP contribution in [0.5, 0.6) is 0 Å². The lowest BCUT2D eigenvalue weighted by Crippen LogP contribution is -2.18. The van der Waals surface area contributed by atoms with Gasteiger partial charge in [0.25, 0.3) is 0 Å². The highest BCUT2D eigenvalue weighted by Gasteiger charge is 2.08. The molecule has 1 aromatic carbocycles. The Balaban J connectivity index is 2.23. The number of aliphatic hydroxyl groups excluding tert-OH is 1. The Hall–Kier alpha value is -1.58. The standard InChI is InChI=1S/C14H15ClN2O/c1-17(9-13-4-2-3-7-16-13)14-8-12(15)6-5-11(14)10-18/h2-8,18H,9-10H2,1H3. The zero-order chi connectivity index (χ0) is 13.0. The quantitative estimate of drug-likeness (QED) is 0.921. The molecule has 1 aromatic heterocycles. The van der Waals surface area contributed by atoms with Crippen molar-refractivity contribution in [3.63, 3.8) is 0 Å². The van der Waals surface area contributed by atoms with Crippen LogP contribution in [0.3, 0.4) is 0 Å². The molecule has 0 spiro atoms. The number of aromatic nitrogens is 1. The number of rotatable bonds is 4. The van der Waals surface area contributed by atoms with E-state index in [1.54, 1.807) is 12.3 Å². The number of nitrogens with zero attached hydrogens (tertiary/aromatic N) is 2. The van der Waals surface area contributed by atoms with Gasteiger partial charge in [-0.1, -0.05) is 23.7 Å². The van der Waals surface area contributed by atoms with E-state index in [1.807, 2.05) is 42.3 Å². The largest absolute Gasteiger partial charge is 0.392 e. The van der Waals surface area contributed by atoms with Crippen molar-refractivity contribution in [2.24, 2.45) is 0 Å². The third-order valence-corrected chi connectivity index (χ3v) is 2.99. The predicted molar refractivity (Wildman–Crippen MR) is 73.7 cm³/mol. The molecule has 0 amide bonds. The Morgan fingerprint density at radius 2 is 2.11 bits per heavy atom. The number of halogens is 1. The van der Waals surface area contributed by atoms with Gasteiger partial charge in [0.1, 0.15) is 0 Å². The highest BCUT2D eigenvalue weighted by atomic mass is 35.5. The molecule has 0 saturated carbocycles. The summed E-state index contributed by atoms with van der Waals surface area (Å²) in [6.07, 6.45) is 1.77. The van der Waals surface area contributed by atoms with Crippen molar-refractivity contribution in [3.05, 3.63) is 58.9 Å². The third kappa shape index (κ3) is 3.00.